The molecule has 3 heterocycles. The molecule has 1 atom stereocenters. The van der Waals surface area contributed by atoms with Gasteiger partial charge in [-0.2, -0.15) is 0 Å². The van der Waals surface area contributed by atoms with Gasteiger partial charge in [0, 0.05) is 32.3 Å². The van der Waals surface area contributed by atoms with Crippen molar-refractivity contribution in [1.29, 1.82) is 0 Å². The highest BCUT2D eigenvalue weighted by atomic mass is 16.5. The Hall–Kier alpha value is -1.39. The third-order valence-corrected chi connectivity index (χ3v) is 5.90. The number of hydrogen-bond acceptors (Lipinski definition) is 3. The summed E-state index contributed by atoms with van der Waals surface area (Å²) in [6, 6.07) is 9.24. The van der Waals surface area contributed by atoms with Gasteiger partial charge in [-0.3, -0.25) is 9.69 Å². The number of fused-ring (bicyclic) bond motifs is 1. The SMILES string of the molecule is O=C([C@H]1CCCN1C1CCOCC1)N1CCCc2ccccc2C1. The second-order valence-corrected chi connectivity index (χ2v) is 7.37. The van der Waals surface area contributed by atoms with E-state index in [0.717, 1.165) is 71.4 Å². The largest absolute Gasteiger partial charge is 0.381 e. The number of ether oxygens (including phenoxy) is 1. The molecule has 2 saturated heterocycles. The second kappa shape index (κ2) is 7.24. The summed E-state index contributed by atoms with van der Waals surface area (Å²) < 4.78 is 5.50. The van der Waals surface area contributed by atoms with Crippen molar-refractivity contribution in [2.75, 3.05) is 26.3 Å². The van der Waals surface area contributed by atoms with Gasteiger partial charge >= 0.3 is 0 Å². The Kier molecular flexibility index (Phi) is 4.86. The van der Waals surface area contributed by atoms with Crippen LogP contribution in [0.2, 0.25) is 0 Å². The van der Waals surface area contributed by atoms with Crippen molar-refractivity contribution >= 4 is 5.91 Å². The Morgan fingerprint density at radius 2 is 1.79 bits per heavy atom. The highest BCUT2D eigenvalue weighted by Gasteiger charge is 2.38. The van der Waals surface area contributed by atoms with Gasteiger partial charge in [0.15, 0.2) is 0 Å². The monoisotopic (exact) mass is 328 g/mol. The lowest BCUT2D eigenvalue weighted by Gasteiger charge is -2.36. The molecule has 0 spiro atoms. The van der Waals surface area contributed by atoms with Crippen LogP contribution in [-0.4, -0.2) is 54.1 Å². The zero-order valence-electron chi connectivity index (χ0n) is 14.5. The number of likely N-dealkylation sites (tertiary alicyclic amines) is 1. The first-order valence-corrected chi connectivity index (χ1v) is 9.52. The highest BCUT2D eigenvalue weighted by Crippen LogP contribution is 2.28. The average molecular weight is 328 g/mol. The molecule has 0 aliphatic carbocycles. The molecule has 4 nitrogen and oxygen atoms in total. The summed E-state index contributed by atoms with van der Waals surface area (Å²) in [4.78, 5) is 17.9. The Labute approximate surface area is 144 Å². The van der Waals surface area contributed by atoms with E-state index in [0.29, 0.717) is 11.9 Å². The summed E-state index contributed by atoms with van der Waals surface area (Å²) in [6.45, 7) is 4.45. The zero-order chi connectivity index (χ0) is 16.4. The van der Waals surface area contributed by atoms with E-state index < -0.39 is 0 Å². The van der Waals surface area contributed by atoms with Crippen LogP contribution in [0.3, 0.4) is 0 Å². The van der Waals surface area contributed by atoms with Crippen molar-refractivity contribution in [3.8, 4) is 0 Å². The van der Waals surface area contributed by atoms with Crippen LogP contribution in [0, 0.1) is 0 Å². The van der Waals surface area contributed by atoms with Crippen molar-refractivity contribution in [1.82, 2.24) is 9.80 Å². The average Bonchev–Trinajstić information content (AvgIpc) is 3.02. The number of benzene rings is 1. The van der Waals surface area contributed by atoms with Crippen LogP contribution in [0.15, 0.2) is 24.3 Å². The molecular formula is C20H28N2O2. The van der Waals surface area contributed by atoms with Crippen LogP contribution in [0.25, 0.3) is 0 Å². The van der Waals surface area contributed by atoms with Gasteiger partial charge in [-0.15, -0.1) is 0 Å². The number of rotatable bonds is 2. The Morgan fingerprint density at radius 1 is 1.00 bits per heavy atom. The maximum absolute atomic E-state index is 13.3. The number of amides is 1. The minimum atomic E-state index is 0.0957. The first-order valence-electron chi connectivity index (χ1n) is 9.52. The van der Waals surface area contributed by atoms with Gasteiger partial charge < -0.3 is 9.64 Å². The van der Waals surface area contributed by atoms with E-state index in [4.69, 9.17) is 4.74 Å². The summed E-state index contributed by atoms with van der Waals surface area (Å²) in [7, 11) is 0. The molecule has 1 amide bonds. The van der Waals surface area contributed by atoms with Crippen LogP contribution < -0.4 is 0 Å². The van der Waals surface area contributed by atoms with Crippen LogP contribution in [0.5, 0.6) is 0 Å². The molecule has 3 aliphatic rings. The molecule has 24 heavy (non-hydrogen) atoms. The lowest BCUT2D eigenvalue weighted by atomic mass is 10.0. The third kappa shape index (κ3) is 3.22. The molecular weight excluding hydrogens is 300 g/mol. The Balaban J connectivity index is 1.48. The summed E-state index contributed by atoms with van der Waals surface area (Å²) in [5.41, 5.74) is 2.75. The highest BCUT2D eigenvalue weighted by molar-refractivity contribution is 5.82. The molecule has 130 valence electrons. The predicted octanol–water partition coefficient (Wildman–Crippen LogP) is 2.60. The van der Waals surface area contributed by atoms with Crippen LogP contribution >= 0.6 is 0 Å². The van der Waals surface area contributed by atoms with E-state index >= 15 is 0 Å². The van der Waals surface area contributed by atoms with Crippen molar-refractivity contribution < 1.29 is 9.53 Å². The quantitative estimate of drug-likeness (QED) is 0.837. The fourth-order valence-electron chi connectivity index (χ4n) is 4.61. The Morgan fingerprint density at radius 3 is 2.62 bits per heavy atom. The van der Waals surface area contributed by atoms with Gasteiger partial charge in [0.2, 0.25) is 5.91 Å². The molecule has 2 fully saturated rings. The minimum Gasteiger partial charge on any atom is -0.381 e. The van der Waals surface area contributed by atoms with Crippen molar-refractivity contribution in [2.45, 2.75) is 57.2 Å². The summed E-state index contributed by atoms with van der Waals surface area (Å²) in [6.07, 6.45) is 6.49. The van der Waals surface area contributed by atoms with Gasteiger partial charge in [-0.25, -0.2) is 0 Å². The molecule has 1 aromatic rings. The maximum atomic E-state index is 13.3. The number of aryl methyl sites for hydroxylation is 1. The summed E-state index contributed by atoms with van der Waals surface area (Å²) in [5, 5.41) is 0. The molecule has 0 unspecified atom stereocenters. The lowest BCUT2D eigenvalue weighted by molar-refractivity contribution is -0.138. The van der Waals surface area contributed by atoms with Crippen molar-refractivity contribution in [3.05, 3.63) is 35.4 Å². The first kappa shape index (κ1) is 16.1. The number of carbonyl (C=O) groups excluding carboxylic acids is 1. The molecule has 4 rings (SSSR count). The fourth-order valence-corrected chi connectivity index (χ4v) is 4.61. The molecule has 0 aromatic heterocycles. The van der Waals surface area contributed by atoms with Gasteiger partial charge in [0.1, 0.15) is 0 Å². The van der Waals surface area contributed by atoms with Crippen LogP contribution in [0.4, 0.5) is 0 Å². The summed E-state index contributed by atoms with van der Waals surface area (Å²) >= 11 is 0. The van der Waals surface area contributed by atoms with E-state index in [1.54, 1.807) is 0 Å². The molecule has 0 N–H and O–H groups in total. The van der Waals surface area contributed by atoms with Gasteiger partial charge in [-0.05, 0) is 56.2 Å². The van der Waals surface area contributed by atoms with Crippen LogP contribution in [-0.2, 0) is 22.5 Å². The molecule has 0 bridgehead atoms. The van der Waals surface area contributed by atoms with Gasteiger partial charge in [0.25, 0.3) is 0 Å². The van der Waals surface area contributed by atoms with Crippen LogP contribution in [0.1, 0.15) is 43.2 Å². The maximum Gasteiger partial charge on any atom is 0.240 e. The normalized spacial score (nSPS) is 26.2. The summed E-state index contributed by atoms with van der Waals surface area (Å²) in [5.74, 6) is 0.357. The molecule has 4 heteroatoms. The number of carbonyl (C=O) groups is 1. The smallest absolute Gasteiger partial charge is 0.240 e. The molecule has 0 radical (unpaired) electrons. The lowest BCUT2D eigenvalue weighted by Crippen LogP contribution is -2.50. The van der Waals surface area contributed by atoms with E-state index in [1.807, 2.05) is 0 Å². The zero-order valence-corrected chi connectivity index (χ0v) is 14.5. The van der Waals surface area contributed by atoms with E-state index in [-0.39, 0.29) is 6.04 Å². The van der Waals surface area contributed by atoms with Gasteiger partial charge in [0.05, 0.1) is 6.04 Å². The standard InChI is InChI=1S/C20H28N2O2/c23-20(19-8-4-12-22(19)18-9-13-24-14-10-18)21-11-3-7-16-5-1-2-6-17(16)15-21/h1-2,5-6,18-19H,3-4,7-15H2/t19-/m1/s1. The van der Waals surface area contributed by atoms with Crippen molar-refractivity contribution in [3.63, 3.8) is 0 Å². The molecule has 3 aliphatic heterocycles. The number of nitrogens with zero attached hydrogens (tertiary/aromatic N) is 2. The Bertz CT molecular complexity index is 583. The first-order chi connectivity index (χ1) is 11.8. The third-order valence-electron chi connectivity index (χ3n) is 5.90. The van der Waals surface area contributed by atoms with Gasteiger partial charge in [-0.1, -0.05) is 24.3 Å². The minimum absolute atomic E-state index is 0.0957. The second-order valence-electron chi connectivity index (χ2n) is 7.37. The van der Waals surface area contributed by atoms with Crippen molar-refractivity contribution in [2.24, 2.45) is 0 Å². The topological polar surface area (TPSA) is 32.8 Å². The molecule has 1 aromatic carbocycles. The van der Waals surface area contributed by atoms with E-state index in [2.05, 4.69) is 34.1 Å². The fraction of sp³-hybridized carbons (Fsp3) is 0.650. The van der Waals surface area contributed by atoms with E-state index in [1.165, 1.54) is 11.1 Å². The number of hydrogen-bond donors (Lipinski definition) is 0. The van der Waals surface area contributed by atoms with E-state index in [9.17, 15) is 4.79 Å². The molecule has 0 saturated carbocycles. The predicted molar refractivity (Wildman–Crippen MR) is 93.7 cm³/mol.